The van der Waals surface area contributed by atoms with E-state index in [4.69, 9.17) is 9.47 Å². The highest BCUT2D eigenvalue weighted by molar-refractivity contribution is 9.10. The molecule has 0 unspecified atom stereocenters. The van der Waals surface area contributed by atoms with Gasteiger partial charge in [0.15, 0.2) is 0 Å². The van der Waals surface area contributed by atoms with Gasteiger partial charge in [-0.3, -0.25) is 0 Å². The highest BCUT2D eigenvalue weighted by Gasteiger charge is 2.19. The molecule has 0 amide bonds. The number of nitrogens with one attached hydrogen (secondary N) is 1. The number of carbonyl (C=O) groups excluding carboxylic acids is 1. The molecule has 2 rings (SSSR count). The lowest BCUT2D eigenvalue weighted by Gasteiger charge is -2.22. The predicted octanol–water partition coefficient (Wildman–Crippen LogP) is 3.76. The largest absolute Gasteiger partial charge is 0.465 e. The van der Waals surface area contributed by atoms with E-state index in [-0.39, 0.29) is 5.97 Å². The fourth-order valence-electron chi connectivity index (χ4n) is 2.82. The molecule has 0 bridgehead atoms. The van der Waals surface area contributed by atoms with Crippen LogP contribution in [0.25, 0.3) is 5.57 Å². The molecule has 1 fully saturated rings. The van der Waals surface area contributed by atoms with Crippen molar-refractivity contribution in [2.45, 2.75) is 26.2 Å². The summed E-state index contributed by atoms with van der Waals surface area (Å²) >= 11 is 3.51. The molecule has 126 valence electrons. The fourth-order valence-corrected chi connectivity index (χ4v) is 3.30. The zero-order valence-corrected chi connectivity index (χ0v) is 15.3. The number of rotatable bonds is 6. The van der Waals surface area contributed by atoms with Gasteiger partial charge in [0, 0.05) is 35.5 Å². The van der Waals surface area contributed by atoms with E-state index in [1.54, 1.807) is 0 Å². The standard InChI is InChI=1S/C18H24BrNO3/c1-13(20-10-7-14-8-11-23-12-9-14)17(18(21)22-2)15-5-3-4-6-16(15)19/h3-6,14,20H,7-12H2,1-2H3/b17-13-. The van der Waals surface area contributed by atoms with Crippen molar-refractivity contribution in [3.63, 3.8) is 0 Å². The number of halogens is 1. The third kappa shape index (κ3) is 5.08. The molecule has 1 aromatic rings. The second-order valence-corrected chi connectivity index (χ2v) is 6.60. The van der Waals surface area contributed by atoms with Crippen LogP contribution in [0.2, 0.25) is 0 Å². The molecule has 0 atom stereocenters. The van der Waals surface area contributed by atoms with Crippen LogP contribution in [0.15, 0.2) is 34.4 Å². The van der Waals surface area contributed by atoms with Crippen LogP contribution in [0, 0.1) is 5.92 Å². The van der Waals surface area contributed by atoms with E-state index in [1.807, 2.05) is 31.2 Å². The molecule has 0 radical (unpaired) electrons. The monoisotopic (exact) mass is 381 g/mol. The first-order valence-corrected chi connectivity index (χ1v) is 8.78. The Morgan fingerprint density at radius 1 is 1.35 bits per heavy atom. The molecule has 1 saturated heterocycles. The van der Waals surface area contributed by atoms with E-state index in [1.165, 1.54) is 7.11 Å². The molecule has 0 aliphatic carbocycles. The van der Waals surface area contributed by atoms with Crippen LogP contribution in [0.3, 0.4) is 0 Å². The summed E-state index contributed by atoms with van der Waals surface area (Å²) in [7, 11) is 1.41. The molecule has 0 aromatic heterocycles. The zero-order chi connectivity index (χ0) is 16.7. The van der Waals surface area contributed by atoms with Gasteiger partial charge in [-0.2, -0.15) is 0 Å². The molecule has 23 heavy (non-hydrogen) atoms. The van der Waals surface area contributed by atoms with Crippen molar-refractivity contribution < 1.29 is 14.3 Å². The molecule has 1 aliphatic rings. The smallest absolute Gasteiger partial charge is 0.340 e. The van der Waals surface area contributed by atoms with Gasteiger partial charge in [0.25, 0.3) is 0 Å². The van der Waals surface area contributed by atoms with Gasteiger partial charge < -0.3 is 14.8 Å². The van der Waals surface area contributed by atoms with Crippen molar-refractivity contribution >= 4 is 27.5 Å². The summed E-state index contributed by atoms with van der Waals surface area (Å²) in [6.07, 6.45) is 3.34. The first-order chi connectivity index (χ1) is 11.1. The highest BCUT2D eigenvalue weighted by Crippen LogP contribution is 2.27. The van der Waals surface area contributed by atoms with Crippen LogP contribution in [0.4, 0.5) is 0 Å². The number of carbonyl (C=O) groups is 1. The van der Waals surface area contributed by atoms with Gasteiger partial charge >= 0.3 is 5.97 Å². The number of benzene rings is 1. The van der Waals surface area contributed by atoms with Gasteiger partial charge in [0.05, 0.1) is 12.7 Å². The van der Waals surface area contributed by atoms with Crippen molar-refractivity contribution in [2.24, 2.45) is 5.92 Å². The average molecular weight is 382 g/mol. The highest BCUT2D eigenvalue weighted by atomic mass is 79.9. The molecular formula is C18H24BrNO3. The van der Waals surface area contributed by atoms with Crippen molar-refractivity contribution in [3.05, 3.63) is 40.0 Å². The van der Waals surface area contributed by atoms with Gasteiger partial charge in [-0.25, -0.2) is 4.79 Å². The quantitative estimate of drug-likeness (QED) is 0.601. The van der Waals surface area contributed by atoms with Gasteiger partial charge in [-0.1, -0.05) is 34.1 Å². The van der Waals surface area contributed by atoms with E-state index in [9.17, 15) is 4.79 Å². The molecule has 0 spiro atoms. The number of allylic oxidation sites excluding steroid dienone is 1. The van der Waals surface area contributed by atoms with Crippen LogP contribution in [-0.4, -0.2) is 32.8 Å². The minimum atomic E-state index is -0.326. The van der Waals surface area contributed by atoms with Crippen LogP contribution in [-0.2, 0) is 14.3 Å². The number of methoxy groups -OCH3 is 1. The zero-order valence-electron chi connectivity index (χ0n) is 13.7. The Kier molecular flexibility index (Phi) is 7.12. The van der Waals surface area contributed by atoms with Gasteiger partial charge in [0.1, 0.15) is 0 Å². The van der Waals surface area contributed by atoms with Crippen molar-refractivity contribution in [1.29, 1.82) is 0 Å². The third-order valence-electron chi connectivity index (χ3n) is 4.19. The topological polar surface area (TPSA) is 47.6 Å². The maximum atomic E-state index is 12.2. The van der Waals surface area contributed by atoms with Crippen LogP contribution in [0.5, 0.6) is 0 Å². The Labute approximate surface area is 146 Å². The van der Waals surface area contributed by atoms with Crippen molar-refractivity contribution in [1.82, 2.24) is 5.32 Å². The molecular weight excluding hydrogens is 358 g/mol. The summed E-state index contributed by atoms with van der Waals surface area (Å²) in [4.78, 5) is 12.2. The Bertz CT molecular complexity index is 565. The normalized spacial score (nSPS) is 16.7. The summed E-state index contributed by atoms with van der Waals surface area (Å²) in [6, 6.07) is 7.68. The maximum absolute atomic E-state index is 12.2. The molecule has 1 aliphatic heterocycles. The molecule has 0 saturated carbocycles. The van der Waals surface area contributed by atoms with E-state index >= 15 is 0 Å². The Hall–Kier alpha value is -1.33. The SMILES string of the molecule is COC(=O)/C(=C(/C)NCCC1CCOCC1)c1ccccc1Br. The molecule has 4 nitrogen and oxygen atoms in total. The summed E-state index contributed by atoms with van der Waals surface area (Å²) in [5.41, 5.74) is 2.26. The van der Waals surface area contributed by atoms with E-state index in [0.29, 0.717) is 11.5 Å². The van der Waals surface area contributed by atoms with Crippen LogP contribution in [0.1, 0.15) is 31.7 Å². The predicted molar refractivity (Wildman–Crippen MR) is 94.9 cm³/mol. The Balaban J connectivity index is 2.08. The Morgan fingerprint density at radius 3 is 2.70 bits per heavy atom. The summed E-state index contributed by atoms with van der Waals surface area (Å²) in [5.74, 6) is 0.377. The second-order valence-electron chi connectivity index (χ2n) is 5.74. The minimum Gasteiger partial charge on any atom is -0.465 e. The minimum absolute atomic E-state index is 0.326. The fraction of sp³-hybridized carbons (Fsp3) is 0.500. The van der Waals surface area contributed by atoms with E-state index in [0.717, 1.165) is 54.8 Å². The number of ether oxygens (including phenoxy) is 2. The van der Waals surface area contributed by atoms with Crippen molar-refractivity contribution in [2.75, 3.05) is 26.9 Å². The average Bonchev–Trinajstić information content (AvgIpc) is 2.57. The number of hydrogen-bond acceptors (Lipinski definition) is 4. The van der Waals surface area contributed by atoms with Gasteiger partial charge in [-0.05, 0) is 38.2 Å². The molecule has 1 aromatic carbocycles. The molecule has 1 N–H and O–H groups in total. The van der Waals surface area contributed by atoms with Gasteiger partial charge in [-0.15, -0.1) is 0 Å². The lowest BCUT2D eigenvalue weighted by Crippen LogP contribution is -2.23. The maximum Gasteiger partial charge on any atom is 0.340 e. The van der Waals surface area contributed by atoms with Crippen LogP contribution < -0.4 is 5.32 Å². The number of esters is 1. The summed E-state index contributed by atoms with van der Waals surface area (Å²) in [6.45, 7) is 4.50. The van der Waals surface area contributed by atoms with Crippen molar-refractivity contribution in [3.8, 4) is 0 Å². The van der Waals surface area contributed by atoms with E-state index < -0.39 is 0 Å². The lowest BCUT2D eigenvalue weighted by molar-refractivity contribution is -0.133. The summed E-state index contributed by atoms with van der Waals surface area (Å²) in [5, 5.41) is 3.39. The Morgan fingerprint density at radius 2 is 2.04 bits per heavy atom. The number of hydrogen-bond donors (Lipinski definition) is 1. The van der Waals surface area contributed by atoms with Crippen LogP contribution >= 0.6 is 15.9 Å². The van der Waals surface area contributed by atoms with Gasteiger partial charge in [0.2, 0.25) is 0 Å². The van der Waals surface area contributed by atoms with E-state index in [2.05, 4.69) is 21.2 Å². The lowest BCUT2D eigenvalue weighted by atomic mass is 9.96. The first-order valence-electron chi connectivity index (χ1n) is 7.99. The second kappa shape index (κ2) is 9.08. The summed E-state index contributed by atoms with van der Waals surface area (Å²) < 4.78 is 11.2. The molecule has 5 heteroatoms. The first kappa shape index (κ1) is 18.0. The third-order valence-corrected chi connectivity index (χ3v) is 4.88. The molecule has 1 heterocycles.